The average Bonchev–Trinajstić information content (AvgIpc) is 2.03. The second kappa shape index (κ2) is 5.17. The Balaban J connectivity index is 2.19. The van der Waals surface area contributed by atoms with Crippen molar-refractivity contribution < 1.29 is 5.21 Å². The smallest absolute Gasteiger partial charge is 0.144 e. The molecule has 0 aromatic rings. The maximum atomic E-state index is 8.17. The van der Waals surface area contributed by atoms with E-state index < -0.39 is 0 Å². The zero-order chi connectivity index (χ0) is 7.23. The van der Waals surface area contributed by atoms with E-state index in [1.807, 2.05) is 17.2 Å². The molecule has 0 saturated carbocycles. The quantitative estimate of drug-likeness (QED) is 0.397. The summed E-state index contributed by atoms with van der Waals surface area (Å²) in [7, 11) is 0. The highest BCUT2D eigenvalue weighted by atomic mass is 32.3. The Hall–Kier alpha value is 0.480. The van der Waals surface area contributed by atoms with Crippen LogP contribution in [0, 0.1) is 0 Å². The van der Waals surface area contributed by atoms with E-state index in [0.717, 1.165) is 10.2 Å². The van der Waals surface area contributed by atoms with Gasteiger partial charge in [0.05, 0.1) is 0 Å². The van der Waals surface area contributed by atoms with E-state index in [-0.39, 0.29) is 4.71 Å². The van der Waals surface area contributed by atoms with Crippen molar-refractivity contribution in [3.63, 3.8) is 0 Å². The predicted molar refractivity (Wildman–Crippen MR) is 49.7 cm³/mol. The molecule has 0 atom stereocenters. The van der Waals surface area contributed by atoms with Crippen molar-refractivity contribution in [2.45, 2.75) is 4.71 Å². The molecule has 1 saturated heterocycles. The summed E-state index contributed by atoms with van der Waals surface area (Å²) in [6.45, 7) is 0. The van der Waals surface area contributed by atoms with E-state index in [2.05, 4.69) is 4.99 Å². The summed E-state index contributed by atoms with van der Waals surface area (Å²) in [5, 5.41) is 10.4. The van der Waals surface area contributed by atoms with Crippen LogP contribution >= 0.6 is 35.3 Å². The lowest BCUT2D eigenvalue weighted by Gasteiger charge is -2.15. The van der Waals surface area contributed by atoms with Crippen molar-refractivity contribution in [3.05, 3.63) is 0 Å². The number of hydroxylamine groups is 1. The van der Waals surface area contributed by atoms with E-state index in [1.54, 1.807) is 23.5 Å². The number of thioether (sulfide) groups is 3. The van der Waals surface area contributed by atoms with E-state index in [0.29, 0.717) is 0 Å². The van der Waals surface area contributed by atoms with E-state index >= 15 is 0 Å². The zero-order valence-electron chi connectivity index (χ0n) is 5.19. The van der Waals surface area contributed by atoms with Crippen LogP contribution in [-0.2, 0) is 0 Å². The third-order valence-corrected chi connectivity index (χ3v) is 4.89. The number of hydrogen-bond donors (Lipinski definition) is 2. The van der Waals surface area contributed by atoms with Gasteiger partial charge in [-0.3, -0.25) is 10.7 Å². The Labute approximate surface area is 72.4 Å². The summed E-state index contributed by atoms with van der Waals surface area (Å²) in [6.07, 6.45) is 1.32. The normalized spacial score (nSPS) is 21.7. The molecule has 3 nitrogen and oxygen atoms in total. The molecule has 2 N–H and O–H groups in total. The van der Waals surface area contributed by atoms with Gasteiger partial charge in [-0.2, -0.15) is 0 Å². The Kier molecular flexibility index (Phi) is 4.44. The summed E-state index contributed by atoms with van der Waals surface area (Å²) < 4.78 is 0.265. The molecule has 1 aliphatic rings. The van der Waals surface area contributed by atoms with Crippen molar-refractivity contribution in [1.82, 2.24) is 5.48 Å². The minimum absolute atomic E-state index is 0.265. The Morgan fingerprint density at radius 3 is 2.80 bits per heavy atom. The highest BCUT2D eigenvalue weighted by molar-refractivity contribution is 8.32. The van der Waals surface area contributed by atoms with Crippen molar-refractivity contribution in [3.8, 4) is 0 Å². The first-order valence-corrected chi connectivity index (χ1v) is 5.91. The van der Waals surface area contributed by atoms with Gasteiger partial charge in [-0.15, -0.1) is 35.3 Å². The number of nitrogens with zero attached hydrogens (tertiary/aromatic N) is 1. The van der Waals surface area contributed by atoms with Crippen LogP contribution in [0.4, 0.5) is 0 Å². The Morgan fingerprint density at radius 2 is 2.20 bits per heavy atom. The predicted octanol–water partition coefficient (Wildman–Crippen LogP) is 1.41. The van der Waals surface area contributed by atoms with Gasteiger partial charge in [-0.25, -0.2) is 4.99 Å². The zero-order valence-corrected chi connectivity index (χ0v) is 7.64. The molecule has 58 valence electrons. The molecule has 0 bridgehead atoms. The first-order valence-electron chi connectivity index (χ1n) is 2.65. The second-order valence-corrected chi connectivity index (χ2v) is 5.64. The first kappa shape index (κ1) is 8.58. The molecule has 10 heavy (non-hydrogen) atoms. The minimum Gasteiger partial charge on any atom is -0.290 e. The van der Waals surface area contributed by atoms with Crippen molar-refractivity contribution >= 4 is 41.6 Å². The Bertz CT molecular complexity index is 115. The molecular weight excluding hydrogens is 188 g/mol. The van der Waals surface area contributed by atoms with Gasteiger partial charge in [0.25, 0.3) is 0 Å². The molecule has 0 radical (unpaired) electrons. The molecule has 1 aliphatic heterocycles. The van der Waals surface area contributed by atoms with Gasteiger partial charge >= 0.3 is 0 Å². The van der Waals surface area contributed by atoms with Gasteiger partial charge in [-0.1, -0.05) is 0 Å². The van der Waals surface area contributed by atoms with E-state index in [1.165, 1.54) is 6.34 Å². The van der Waals surface area contributed by atoms with Crippen molar-refractivity contribution in [1.29, 1.82) is 0 Å². The summed E-state index contributed by atoms with van der Waals surface area (Å²) in [5.41, 5.74) is 1.89. The summed E-state index contributed by atoms with van der Waals surface area (Å²) in [5.74, 6) is 0. The molecule has 1 rings (SSSR count). The van der Waals surface area contributed by atoms with Crippen LogP contribution in [0.1, 0.15) is 0 Å². The maximum absolute atomic E-state index is 8.17. The lowest BCUT2D eigenvalue weighted by molar-refractivity contribution is 0.239. The second-order valence-electron chi connectivity index (χ2n) is 1.49. The van der Waals surface area contributed by atoms with Gasteiger partial charge < -0.3 is 0 Å². The topological polar surface area (TPSA) is 44.6 Å². The van der Waals surface area contributed by atoms with Crippen LogP contribution in [0.25, 0.3) is 0 Å². The largest absolute Gasteiger partial charge is 0.290 e. The van der Waals surface area contributed by atoms with Crippen LogP contribution < -0.4 is 5.48 Å². The van der Waals surface area contributed by atoms with Crippen LogP contribution in [-0.4, -0.2) is 26.4 Å². The highest BCUT2D eigenvalue weighted by Crippen LogP contribution is 2.36. The van der Waals surface area contributed by atoms with Gasteiger partial charge in [0.1, 0.15) is 11.0 Å². The summed E-state index contributed by atoms with van der Waals surface area (Å²) in [6, 6.07) is 0. The first-order chi connectivity index (χ1) is 4.93. The lowest BCUT2D eigenvalue weighted by Crippen LogP contribution is -2.07. The molecule has 0 unspecified atom stereocenters. The molecule has 1 heterocycles. The van der Waals surface area contributed by atoms with Gasteiger partial charge in [0.2, 0.25) is 0 Å². The molecule has 0 aliphatic carbocycles. The van der Waals surface area contributed by atoms with Gasteiger partial charge in [-0.05, 0) is 0 Å². The van der Waals surface area contributed by atoms with Gasteiger partial charge in [0, 0.05) is 10.2 Å². The number of hydrogen-bond acceptors (Lipinski definition) is 5. The number of nitrogens with one attached hydrogen (secondary N) is 1. The molecule has 0 aromatic carbocycles. The van der Waals surface area contributed by atoms with Crippen LogP contribution in [0.2, 0.25) is 0 Å². The number of rotatable bonds is 2. The fourth-order valence-corrected chi connectivity index (χ4v) is 4.74. The average molecular weight is 196 g/mol. The van der Waals surface area contributed by atoms with Gasteiger partial charge in [0.15, 0.2) is 0 Å². The molecule has 0 spiro atoms. The molecule has 1 fully saturated rings. The third kappa shape index (κ3) is 3.05. The minimum atomic E-state index is 0.265. The maximum Gasteiger partial charge on any atom is 0.144 e. The van der Waals surface area contributed by atoms with E-state index in [4.69, 9.17) is 5.21 Å². The molecular formula is C4H8N2OS3. The van der Waals surface area contributed by atoms with Crippen molar-refractivity contribution in [2.24, 2.45) is 4.99 Å². The van der Waals surface area contributed by atoms with Crippen molar-refractivity contribution in [2.75, 3.05) is 10.2 Å². The fraction of sp³-hybridized carbons (Fsp3) is 0.750. The standard InChI is InChI=1S/C4H8N2OS3/c7-6-1-5-4-9-2-8-3-10-4/h1,4,7H,2-3H2,(H,5,6). The SMILES string of the molecule is ONC=NC1SCSCS1. The highest BCUT2D eigenvalue weighted by Gasteiger charge is 2.11. The van der Waals surface area contributed by atoms with Crippen LogP contribution in [0.3, 0.4) is 0 Å². The fourth-order valence-electron chi connectivity index (χ4n) is 0.475. The molecule has 6 heteroatoms. The lowest BCUT2D eigenvalue weighted by atomic mass is 11.2. The van der Waals surface area contributed by atoms with Crippen LogP contribution in [0.5, 0.6) is 0 Å². The van der Waals surface area contributed by atoms with Crippen LogP contribution in [0.15, 0.2) is 4.99 Å². The summed E-state index contributed by atoms with van der Waals surface area (Å²) in [4.78, 5) is 4.03. The monoisotopic (exact) mass is 196 g/mol. The Morgan fingerprint density at radius 1 is 1.50 bits per heavy atom. The molecule has 0 aromatic heterocycles. The summed E-state index contributed by atoms with van der Waals surface area (Å²) >= 11 is 5.46. The number of aliphatic imine (C=N–C) groups is 1. The van der Waals surface area contributed by atoms with E-state index in [9.17, 15) is 0 Å². The third-order valence-electron chi connectivity index (χ3n) is 0.842. The molecule has 0 amide bonds.